The van der Waals surface area contributed by atoms with Crippen LogP contribution >= 0.6 is 11.3 Å². The van der Waals surface area contributed by atoms with Gasteiger partial charge < -0.3 is 10.5 Å². The van der Waals surface area contributed by atoms with Crippen LogP contribution in [0.4, 0.5) is 10.1 Å². The molecule has 0 fully saturated rings. The van der Waals surface area contributed by atoms with E-state index in [1.807, 2.05) is 12.3 Å². The summed E-state index contributed by atoms with van der Waals surface area (Å²) in [5.74, 6) is 0.117. The Bertz CT molecular complexity index is 981. The molecular formula is C16H11FN4OS. The Labute approximate surface area is 134 Å². The number of hydrogen-bond acceptors (Lipinski definition) is 5. The Balaban J connectivity index is 1.83. The van der Waals surface area contributed by atoms with Crippen molar-refractivity contribution in [1.82, 2.24) is 14.6 Å². The Morgan fingerprint density at radius 1 is 1.17 bits per heavy atom. The summed E-state index contributed by atoms with van der Waals surface area (Å²) < 4.78 is 21.5. The van der Waals surface area contributed by atoms with Gasteiger partial charge in [0.15, 0.2) is 17.3 Å². The lowest BCUT2D eigenvalue weighted by Gasteiger charge is -2.10. The van der Waals surface area contributed by atoms with Gasteiger partial charge in [-0.1, -0.05) is 0 Å². The van der Waals surface area contributed by atoms with Crippen LogP contribution in [0, 0.1) is 5.82 Å². The average molecular weight is 326 g/mol. The van der Waals surface area contributed by atoms with E-state index in [-0.39, 0.29) is 5.75 Å². The number of thiazole rings is 1. The van der Waals surface area contributed by atoms with Gasteiger partial charge in [-0.2, -0.15) is 5.10 Å². The minimum Gasteiger partial charge on any atom is -0.452 e. The average Bonchev–Trinajstić information content (AvgIpc) is 3.20. The Hall–Kier alpha value is -2.93. The molecule has 114 valence electrons. The Morgan fingerprint density at radius 3 is 2.87 bits per heavy atom. The molecule has 0 bridgehead atoms. The third-order valence-corrected chi connectivity index (χ3v) is 4.19. The number of benzene rings is 1. The molecule has 7 heteroatoms. The number of fused-ring (bicyclic) bond motifs is 1. The molecule has 1 aromatic carbocycles. The number of pyridine rings is 1. The minimum atomic E-state index is -0.508. The second-order valence-electron chi connectivity index (χ2n) is 4.91. The third kappa shape index (κ3) is 2.51. The predicted octanol–water partition coefficient (Wildman–Crippen LogP) is 3.97. The minimum absolute atomic E-state index is 0.115. The number of anilines is 1. The number of nitrogen functional groups attached to an aromatic ring is 1. The maximum atomic E-state index is 14.0. The van der Waals surface area contributed by atoms with Crippen LogP contribution in [0.15, 0.2) is 54.4 Å². The van der Waals surface area contributed by atoms with Crippen molar-refractivity contribution in [1.29, 1.82) is 0 Å². The molecule has 4 aromatic rings. The first-order valence-electron chi connectivity index (χ1n) is 6.80. The first-order chi connectivity index (χ1) is 11.2. The quantitative estimate of drug-likeness (QED) is 0.579. The fraction of sp³-hybridized carbons (Fsp3) is 0. The molecule has 0 saturated carbocycles. The zero-order chi connectivity index (χ0) is 15.8. The van der Waals surface area contributed by atoms with Crippen molar-refractivity contribution in [3.8, 4) is 21.9 Å². The van der Waals surface area contributed by atoms with Gasteiger partial charge in [-0.25, -0.2) is 8.91 Å². The molecule has 2 N–H and O–H groups in total. The number of nitrogens with zero attached hydrogens (tertiary/aromatic N) is 3. The van der Waals surface area contributed by atoms with E-state index in [4.69, 9.17) is 10.5 Å². The van der Waals surface area contributed by atoms with Crippen LogP contribution in [0.2, 0.25) is 0 Å². The Kier molecular flexibility index (Phi) is 3.20. The van der Waals surface area contributed by atoms with E-state index in [9.17, 15) is 4.39 Å². The molecule has 3 aromatic heterocycles. The molecule has 0 unspecified atom stereocenters. The highest BCUT2D eigenvalue weighted by Crippen LogP contribution is 2.33. The highest BCUT2D eigenvalue weighted by Gasteiger charge is 2.12. The number of hydrogen-bond donors (Lipinski definition) is 1. The van der Waals surface area contributed by atoms with Crippen LogP contribution in [0.3, 0.4) is 0 Å². The molecule has 0 aliphatic heterocycles. The van der Waals surface area contributed by atoms with Gasteiger partial charge in [0, 0.05) is 29.7 Å². The van der Waals surface area contributed by atoms with Gasteiger partial charge in [0.1, 0.15) is 5.52 Å². The van der Waals surface area contributed by atoms with Gasteiger partial charge >= 0.3 is 0 Å². The first kappa shape index (κ1) is 13.7. The van der Waals surface area contributed by atoms with Crippen LogP contribution in [-0.2, 0) is 0 Å². The van der Waals surface area contributed by atoms with Gasteiger partial charge in [0.2, 0.25) is 0 Å². The maximum absolute atomic E-state index is 14.0. The summed E-state index contributed by atoms with van der Waals surface area (Å²) in [4.78, 5) is 5.05. The summed E-state index contributed by atoms with van der Waals surface area (Å²) in [6.45, 7) is 0. The molecule has 0 aliphatic carbocycles. The molecule has 0 saturated heterocycles. The standard InChI is InChI=1S/C16H11FN4OS/c17-12-6-11(18)1-2-14(12)22-15-5-10(16-7-19-9-23-16)8-21-13(15)3-4-20-21/h1-9H,18H2. The smallest absolute Gasteiger partial charge is 0.167 e. The summed E-state index contributed by atoms with van der Waals surface area (Å²) in [5, 5.41) is 4.24. The zero-order valence-corrected chi connectivity index (χ0v) is 12.6. The molecule has 23 heavy (non-hydrogen) atoms. The van der Waals surface area contributed by atoms with E-state index >= 15 is 0 Å². The van der Waals surface area contributed by atoms with E-state index in [0.717, 1.165) is 16.0 Å². The van der Waals surface area contributed by atoms with Crippen molar-refractivity contribution in [2.45, 2.75) is 0 Å². The van der Waals surface area contributed by atoms with E-state index in [1.165, 1.54) is 23.5 Å². The van der Waals surface area contributed by atoms with E-state index < -0.39 is 5.82 Å². The summed E-state index contributed by atoms with van der Waals surface area (Å²) in [5.41, 5.74) is 9.31. The van der Waals surface area contributed by atoms with Crippen molar-refractivity contribution in [3.05, 3.63) is 60.3 Å². The highest BCUT2D eigenvalue weighted by atomic mass is 32.1. The number of nitrogens with two attached hydrogens (primary N) is 1. The van der Waals surface area contributed by atoms with Crippen molar-refractivity contribution in [2.75, 3.05) is 5.73 Å². The molecule has 4 rings (SSSR count). The summed E-state index contributed by atoms with van der Waals surface area (Å²) in [7, 11) is 0. The molecular weight excluding hydrogens is 315 g/mol. The van der Waals surface area contributed by atoms with Crippen molar-refractivity contribution >= 4 is 22.5 Å². The number of ether oxygens (including phenoxy) is 1. The van der Waals surface area contributed by atoms with Crippen LogP contribution in [0.1, 0.15) is 0 Å². The van der Waals surface area contributed by atoms with Crippen LogP contribution in [0.5, 0.6) is 11.5 Å². The Morgan fingerprint density at radius 2 is 2.09 bits per heavy atom. The normalized spacial score (nSPS) is 11.0. The molecule has 0 atom stereocenters. The SMILES string of the molecule is Nc1ccc(Oc2cc(-c3cncs3)cn3nccc23)c(F)c1. The topological polar surface area (TPSA) is 65.4 Å². The van der Waals surface area contributed by atoms with E-state index in [0.29, 0.717) is 11.4 Å². The van der Waals surface area contributed by atoms with Crippen molar-refractivity contribution in [3.63, 3.8) is 0 Å². The first-order valence-corrected chi connectivity index (χ1v) is 7.68. The van der Waals surface area contributed by atoms with Crippen LogP contribution in [0.25, 0.3) is 16.0 Å². The lowest BCUT2D eigenvalue weighted by molar-refractivity contribution is 0.445. The molecule has 0 spiro atoms. The van der Waals surface area contributed by atoms with Gasteiger partial charge in [0.25, 0.3) is 0 Å². The summed E-state index contributed by atoms with van der Waals surface area (Å²) >= 11 is 1.51. The second kappa shape index (κ2) is 5.36. The van der Waals surface area contributed by atoms with Crippen molar-refractivity contribution in [2.24, 2.45) is 0 Å². The molecule has 0 aliphatic rings. The zero-order valence-electron chi connectivity index (χ0n) is 11.8. The van der Waals surface area contributed by atoms with Gasteiger partial charge in [-0.15, -0.1) is 11.3 Å². The molecule has 5 nitrogen and oxygen atoms in total. The fourth-order valence-electron chi connectivity index (χ4n) is 2.29. The molecule has 0 radical (unpaired) electrons. The third-order valence-electron chi connectivity index (χ3n) is 3.36. The van der Waals surface area contributed by atoms with Crippen molar-refractivity contribution < 1.29 is 9.13 Å². The highest BCUT2D eigenvalue weighted by molar-refractivity contribution is 7.13. The summed E-state index contributed by atoms with van der Waals surface area (Å²) in [6, 6.07) is 7.99. The second-order valence-corrected chi connectivity index (χ2v) is 5.80. The largest absolute Gasteiger partial charge is 0.452 e. The fourth-order valence-corrected chi connectivity index (χ4v) is 2.89. The van der Waals surface area contributed by atoms with Gasteiger partial charge in [-0.3, -0.25) is 4.98 Å². The lowest BCUT2D eigenvalue weighted by atomic mass is 10.2. The maximum Gasteiger partial charge on any atom is 0.167 e. The number of rotatable bonds is 3. The predicted molar refractivity (Wildman–Crippen MR) is 87.2 cm³/mol. The van der Waals surface area contributed by atoms with E-state index in [1.54, 1.807) is 34.6 Å². The lowest BCUT2D eigenvalue weighted by Crippen LogP contribution is -1.95. The molecule has 0 amide bonds. The van der Waals surface area contributed by atoms with E-state index in [2.05, 4.69) is 10.1 Å². The number of halogens is 1. The molecule has 3 heterocycles. The van der Waals surface area contributed by atoms with Gasteiger partial charge in [0.05, 0.1) is 16.6 Å². The van der Waals surface area contributed by atoms with Crippen LogP contribution < -0.4 is 10.5 Å². The van der Waals surface area contributed by atoms with Gasteiger partial charge in [-0.05, 0) is 24.3 Å². The summed E-state index contributed by atoms with van der Waals surface area (Å²) in [6.07, 6.45) is 5.32. The van der Waals surface area contributed by atoms with Crippen LogP contribution in [-0.4, -0.2) is 14.6 Å². The monoisotopic (exact) mass is 326 g/mol. The number of aromatic nitrogens is 3.